The molecule has 0 N–H and O–H groups in total. The fourth-order valence-electron chi connectivity index (χ4n) is 3.94. The molecule has 0 amide bonds. The van der Waals surface area contributed by atoms with Crippen LogP contribution in [0.25, 0.3) is 0 Å². The van der Waals surface area contributed by atoms with Gasteiger partial charge in [-0.25, -0.2) is 0 Å². The first-order valence-corrected chi connectivity index (χ1v) is 10.3. The summed E-state index contributed by atoms with van der Waals surface area (Å²) in [7, 11) is 0. The van der Waals surface area contributed by atoms with Crippen LogP contribution in [0.1, 0.15) is 52.4 Å². The minimum atomic E-state index is -4.40. The number of rotatable bonds is 6. The number of allylic oxidation sites excluding steroid dienone is 14. The molecule has 0 aromatic carbocycles. The van der Waals surface area contributed by atoms with Crippen molar-refractivity contribution in [3.05, 3.63) is 94.2 Å². The molecule has 0 unspecified atom stereocenters. The van der Waals surface area contributed by atoms with Gasteiger partial charge in [0.25, 0.3) is 0 Å². The largest absolute Gasteiger partial charge is 0.339 e. The lowest BCUT2D eigenvalue weighted by molar-refractivity contribution is -0.158. The zero-order valence-corrected chi connectivity index (χ0v) is 17.6. The summed E-state index contributed by atoms with van der Waals surface area (Å²) >= 11 is 0. The Hall–Kier alpha value is -2.36. The lowest BCUT2D eigenvalue weighted by Gasteiger charge is -2.32. The van der Waals surface area contributed by atoms with Crippen molar-refractivity contribution in [1.82, 2.24) is 0 Å². The number of hydrogen-bond donors (Lipinski definition) is 0. The van der Waals surface area contributed by atoms with Gasteiger partial charge in [-0.15, -0.1) is 0 Å². The lowest BCUT2D eigenvalue weighted by atomic mass is 9.82. The van der Waals surface area contributed by atoms with Gasteiger partial charge in [0.1, 0.15) is 0 Å². The molecule has 0 fully saturated rings. The van der Waals surface area contributed by atoms with E-state index in [4.69, 9.17) is 0 Å². The summed E-state index contributed by atoms with van der Waals surface area (Å²) in [5.41, 5.74) is 3.29. The predicted octanol–water partition coefficient (Wildman–Crippen LogP) is 8.35. The summed E-state index contributed by atoms with van der Waals surface area (Å²) in [5, 5.41) is 0. The van der Waals surface area contributed by atoms with E-state index in [1.807, 2.05) is 6.92 Å². The van der Waals surface area contributed by atoms with E-state index in [-0.39, 0.29) is 24.0 Å². The van der Waals surface area contributed by atoms with E-state index in [0.717, 1.165) is 24.0 Å². The van der Waals surface area contributed by atoms with Gasteiger partial charge in [0, 0.05) is 11.1 Å². The van der Waals surface area contributed by atoms with Crippen molar-refractivity contribution in [2.45, 2.75) is 64.2 Å². The molecule has 3 rings (SSSR count). The fraction of sp³-hybridized carbons (Fsp3) is 0.385. The molecule has 0 radical (unpaired) electrons. The quantitative estimate of drug-likeness (QED) is 0.382. The molecule has 0 nitrogen and oxygen atoms in total. The van der Waals surface area contributed by atoms with Crippen LogP contribution in [-0.4, -0.2) is 11.8 Å². The number of halogens is 4. The van der Waals surface area contributed by atoms with Crippen LogP contribution in [0, 0.1) is 0 Å². The number of hydrogen-bond acceptors (Lipinski definition) is 0. The zero-order valence-electron chi connectivity index (χ0n) is 17.6. The first-order chi connectivity index (χ1) is 14.0. The maximum absolute atomic E-state index is 14.9. The van der Waals surface area contributed by atoms with Crippen LogP contribution in [0.5, 0.6) is 0 Å². The van der Waals surface area contributed by atoms with E-state index < -0.39 is 23.0 Å². The second kappa shape index (κ2) is 8.41. The van der Waals surface area contributed by atoms with Crippen LogP contribution in [0.4, 0.5) is 17.6 Å². The topological polar surface area (TPSA) is 0 Å². The first-order valence-electron chi connectivity index (χ1n) is 10.3. The molecule has 30 heavy (non-hydrogen) atoms. The maximum Gasteiger partial charge on any atom is 0.339 e. The third-order valence-corrected chi connectivity index (χ3v) is 6.20. The van der Waals surface area contributed by atoms with Crippen molar-refractivity contribution in [3.8, 4) is 0 Å². The van der Waals surface area contributed by atoms with Crippen LogP contribution in [0.15, 0.2) is 94.2 Å². The predicted molar refractivity (Wildman–Crippen MR) is 116 cm³/mol. The van der Waals surface area contributed by atoms with Crippen molar-refractivity contribution in [2.24, 2.45) is 0 Å². The molecule has 0 spiro atoms. The zero-order chi connectivity index (χ0) is 22.1. The van der Waals surface area contributed by atoms with E-state index in [9.17, 15) is 17.6 Å². The molecule has 3 aliphatic rings. The SMILES string of the molecule is C=C(C1=CC=C(C)CC1)C(F)(F)C(F)(F)C(=C)C1=CC=C(C2=CC=C(C)CC2)CC1. The molecule has 3 aliphatic carbocycles. The van der Waals surface area contributed by atoms with E-state index in [0.29, 0.717) is 12.8 Å². The third kappa shape index (κ3) is 4.23. The average molecular weight is 417 g/mol. The van der Waals surface area contributed by atoms with Gasteiger partial charge >= 0.3 is 11.8 Å². The standard InChI is InChI=1S/C26H28F4/c1-17-5-9-21(10-6-17)19(3)25(27,28)26(29,30)20(4)22-13-15-24(16-14-22)23-11-7-18(2)8-12-23/h5,7,9,11,13,15H,3-4,6,8,10,12,14,16H2,1-2H3. The summed E-state index contributed by atoms with van der Waals surface area (Å²) in [4.78, 5) is 0. The molecule has 0 aromatic heterocycles. The van der Waals surface area contributed by atoms with Crippen molar-refractivity contribution >= 4 is 0 Å². The van der Waals surface area contributed by atoms with Crippen molar-refractivity contribution < 1.29 is 17.6 Å². The molecule has 0 heterocycles. The highest BCUT2D eigenvalue weighted by Crippen LogP contribution is 2.49. The molecule has 0 bridgehead atoms. The van der Waals surface area contributed by atoms with Gasteiger partial charge in [0.15, 0.2) is 0 Å². The van der Waals surface area contributed by atoms with Crippen molar-refractivity contribution in [2.75, 3.05) is 0 Å². The Morgan fingerprint density at radius 2 is 0.967 bits per heavy atom. The Kier molecular flexibility index (Phi) is 6.26. The molecule has 0 aromatic rings. The van der Waals surface area contributed by atoms with Gasteiger partial charge in [0.2, 0.25) is 0 Å². The monoisotopic (exact) mass is 416 g/mol. The molecule has 0 saturated heterocycles. The van der Waals surface area contributed by atoms with Crippen molar-refractivity contribution in [1.29, 1.82) is 0 Å². The highest BCUT2D eigenvalue weighted by molar-refractivity contribution is 5.50. The second-order valence-electron chi connectivity index (χ2n) is 8.40. The fourth-order valence-corrected chi connectivity index (χ4v) is 3.94. The second-order valence-corrected chi connectivity index (χ2v) is 8.40. The van der Waals surface area contributed by atoms with E-state index in [1.54, 1.807) is 12.2 Å². The third-order valence-electron chi connectivity index (χ3n) is 6.20. The summed E-state index contributed by atoms with van der Waals surface area (Å²) in [6, 6.07) is 0. The van der Waals surface area contributed by atoms with Gasteiger partial charge in [0.05, 0.1) is 0 Å². The Labute approximate surface area is 176 Å². The van der Waals surface area contributed by atoms with Crippen LogP contribution in [0.2, 0.25) is 0 Å². The Morgan fingerprint density at radius 1 is 0.600 bits per heavy atom. The minimum Gasteiger partial charge on any atom is -0.194 e. The molecule has 160 valence electrons. The van der Waals surface area contributed by atoms with Gasteiger partial charge in [-0.1, -0.05) is 60.8 Å². The minimum absolute atomic E-state index is 0.172. The highest BCUT2D eigenvalue weighted by atomic mass is 19.3. The summed E-state index contributed by atoms with van der Waals surface area (Å²) < 4.78 is 59.6. The highest BCUT2D eigenvalue weighted by Gasteiger charge is 2.60. The molecule has 0 atom stereocenters. The van der Waals surface area contributed by atoms with Crippen LogP contribution in [0.3, 0.4) is 0 Å². The van der Waals surface area contributed by atoms with Crippen LogP contribution in [-0.2, 0) is 0 Å². The van der Waals surface area contributed by atoms with Gasteiger partial charge in [-0.05, 0) is 74.7 Å². The summed E-state index contributed by atoms with van der Waals surface area (Å²) in [5.74, 6) is -8.80. The molecule has 4 heteroatoms. The normalized spacial score (nSPS) is 20.3. The van der Waals surface area contributed by atoms with E-state index >= 15 is 0 Å². The first kappa shape index (κ1) is 22.3. The Bertz CT molecular complexity index is 946. The average Bonchev–Trinajstić information content (AvgIpc) is 2.73. The Balaban J connectivity index is 1.80. The van der Waals surface area contributed by atoms with E-state index in [2.05, 4.69) is 32.2 Å². The summed E-state index contributed by atoms with van der Waals surface area (Å²) in [6.07, 6.45) is 14.1. The lowest BCUT2D eigenvalue weighted by Crippen LogP contribution is -2.44. The van der Waals surface area contributed by atoms with Gasteiger partial charge < -0.3 is 0 Å². The van der Waals surface area contributed by atoms with Crippen LogP contribution < -0.4 is 0 Å². The van der Waals surface area contributed by atoms with Crippen molar-refractivity contribution in [3.63, 3.8) is 0 Å². The number of alkyl halides is 4. The summed E-state index contributed by atoms with van der Waals surface area (Å²) in [6.45, 7) is 10.7. The molecular formula is C26H28F4. The smallest absolute Gasteiger partial charge is 0.194 e. The Morgan fingerprint density at radius 3 is 1.33 bits per heavy atom. The molecular weight excluding hydrogens is 388 g/mol. The van der Waals surface area contributed by atoms with E-state index in [1.165, 1.54) is 23.3 Å². The molecule has 0 aliphatic heterocycles. The van der Waals surface area contributed by atoms with Crippen LogP contribution >= 0.6 is 0 Å². The maximum atomic E-state index is 14.9. The van der Waals surface area contributed by atoms with Gasteiger partial charge in [-0.2, -0.15) is 17.6 Å². The molecule has 0 saturated carbocycles. The van der Waals surface area contributed by atoms with Gasteiger partial charge in [-0.3, -0.25) is 0 Å².